The Morgan fingerprint density at radius 1 is 0.737 bits per heavy atom. The van der Waals surface area contributed by atoms with Crippen LogP contribution in [0, 0.1) is 6.92 Å². The van der Waals surface area contributed by atoms with E-state index >= 15 is 0 Å². The number of unbranched alkanes of at least 4 members (excludes halogenated alkanes) is 2. The number of methoxy groups -OCH3 is 2. The minimum absolute atomic E-state index is 0.189. The van der Waals surface area contributed by atoms with Crippen molar-refractivity contribution in [1.29, 1.82) is 0 Å². The molecule has 0 atom stereocenters. The summed E-state index contributed by atoms with van der Waals surface area (Å²) in [6.45, 7) is 8.29. The maximum Gasteiger partial charge on any atom is 0.203 e. The summed E-state index contributed by atoms with van der Waals surface area (Å²) in [5.74, 6) is 1.17. The van der Waals surface area contributed by atoms with Crippen molar-refractivity contribution >= 4 is 11.3 Å². The molecule has 206 valence electrons. The van der Waals surface area contributed by atoms with Crippen LogP contribution in [0.1, 0.15) is 52.1 Å². The molecule has 0 aliphatic carbocycles. The van der Waals surface area contributed by atoms with Gasteiger partial charge in [-0.3, -0.25) is 4.90 Å². The second-order valence-corrected chi connectivity index (χ2v) is 11.7. The number of hydrogen-bond donors (Lipinski definition) is 1. The molecule has 4 rings (SSSR count). The average molecular weight is 537 g/mol. The number of thiophene rings is 1. The standard InChI is InChI=1S/C32H44N2O3S/c1-25-11-13-26(14-12-25)8-7-10-29-17-16-28(38-29)9-5-4-6-19-33-20-22-34(23-21-33)24-27-15-18-30(36-2)32(37-3)31(27)35/h11-18,35H,4-10,19-24H2,1-3H3. The van der Waals surface area contributed by atoms with Gasteiger partial charge in [0.2, 0.25) is 5.75 Å². The molecule has 1 saturated heterocycles. The molecule has 38 heavy (non-hydrogen) atoms. The van der Waals surface area contributed by atoms with E-state index in [0.717, 1.165) is 38.3 Å². The first-order valence-corrected chi connectivity index (χ1v) is 14.9. The van der Waals surface area contributed by atoms with Gasteiger partial charge in [0.25, 0.3) is 0 Å². The van der Waals surface area contributed by atoms with E-state index in [-0.39, 0.29) is 5.75 Å². The molecule has 0 saturated carbocycles. The quantitative estimate of drug-likeness (QED) is 0.239. The van der Waals surface area contributed by atoms with Gasteiger partial charge in [-0.2, -0.15) is 0 Å². The number of benzene rings is 2. The van der Waals surface area contributed by atoms with E-state index in [9.17, 15) is 5.11 Å². The fraction of sp³-hybridized carbons (Fsp3) is 0.500. The highest BCUT2D eigenvalue weighted by molar-refractivity contribution is 7.11. The minimum atomic E-state index is 0.189. The van der Waals surface area contributed by atoms with Gasteiger partial charge in [0.1, 0.15) is 0 Å². The number of piperazine rings is 1. The second-order valence-electron chi connectivity index (χ2n) is 10.4. The van der Waals surface area contributed by atoms with Gasteiger partial charge in [0.15, 0.2) is 11.5 Å². The minimum Gasteiger partial charge on any atom is -0.504 e. The van der Waals surface area contributed by atoms with Crippen molar-refractivity contribution in [2.24, 2.45) is 0 Å². The average Bonchev–Trinajstić information content (AvgIpc) is 3.39. The zero-order chi connectivity index (χ0) is 26.7. The highest BCUT2D eigenvalue weighted by Gasteiger charge is 2.20. The Bertz CT molecular complexity index is 1120. The molecular weight excluding hydrogens is 492 g/mol. The summed E-state index contributed by atoms with van der Waals surface area (Å²) in [6, 6.07) is 17.5. The lowest BCUT2D eigenvalue weighted by Gasteiger charge is -2.35. The molecule has 1 aliphatic heterocycles. The van der Waals surface area contributed by atoms with Gasteiger partial charge in [-0.1, -0.05) is 42.3 Å². The predicted molar refractivity (Wildman–Crippen MR) is 158 cm³/mol. The summed E-state index contributed by atoms with van der Waals surface area (Å²) in [7, 11) is 3.15. The van der Waals surface area contributed by atoms with Crippen molar-refractivity contribution in [3.8, 4) is 17.2 Å². The molecule has 0 amide bonds. The third-order valence-corrected chi connectivity index (χ3v) is 8.79. The molecule has 0 unspecified atom stereocenters. The number of hydrogen-bond acceptors (Lipinski definition) is 6. The normalized spacial score (nSPS) is 14.6. The Hall–Kier alpha value is -2.54. The zero-order valence-electron chi connectivity index (χ0n) is 23.4. The molecular formula is C32H44N2O3S. The maximum atomic E-state index is 10.6. The first-order valence-electron chi connectivity index (χ1n) is 14.1. The molecule has 1 N–H and O–H groups in total. The number of aryl methyl sites for hydroxylation is 4. The molecule has 1 fully saturated rings. The Kier molecular flexibility index (Phi) is 10.9. The van der Waals surface area contributed by atoms with Crippen molar-refractivity contribution < 1.29 is 14.6 Å². The zero-order valence-corrected chi connectivity index (χ0v) is 24.2. The van der Waals surface area contributed by atoms with E-state index in [1.54, 1.807) is 19.1 Å². The van der Waals surface area contributed by atoms with Gasteiger partial charge in [-0.25, -0.2) is 0 Å². The largest absolute Gasteiger partial charge is 0.504 e. The summed E-state index contributed by atoms with van der Waals surface area (Å²) in [5.41, 5.74) is 3.67. The molecule has 0 radical (unpaired) electrons. The van der Waals surface area contributed by atoms with Crippen LogP contribution in [0.4, 0.5) is 0 Å². The summed E-state index contributed by atoms with van der Waals surface area (Å²) in [6.07, 6.45) is 8.64. The molecule has 0 spiro atoms. The molecule has 6 heteroatoms. The summed E-state index contributed by atoms with van der Waals surface area (Å²) >= 11 is 2.01. The topological polar surface area (TPSA) is 45.2 Å². The van der Waals surface area contributed by atoms with Gasteiger partial charge >= 0.3 is 0 Å². The van der Waals surface area contributed by atoms with Crippen LogP contribution in [0.5, 0.6) is 17.2 Å². The van der Waals surface area contributed by atoms with Gasteiger partial charge in [-0.15, -0.1) is 11.3 Å². The Labute approximate surface area is 233 Å². The monoisotopic (exact) mass is 536 g/mol. The van der Waals surface area contributed by atoms with E-state index in [0.29, 0.717) is 11.5 Å². The molecule has 1 aromatic heterocycles. The first kappa shape index (κ1) is 28.5. The first-order chi connectivity index (χ1) is 18.6. The smallest absolute Gasteiger partial charge is 0.203 e. The lowest BCUT2D eigenvalue weighted by Crippen LogP contribution is -2.46. The lowest BCUT2D eigenvalue weighted by molar-refractivity contribution is 0.124. The number of phenols is 1. The van der Waals surface area contributed by atoms with Crippen molar-refractivity contribution in [3.05, 3.63) is 75.0 Å². The molecule has 2 aromatic carbocycles. The van der Waals surface area contributed by atoms with Crippen LogP contribution in [0.3, 0.4) is 0 Å². The number of phenolic OH excluding ortho intramolecular Hbond substituents is 1. The molecule has 3 aromatic rings. The van der Waals surface area contributed by atoms with Crippen molar-refractivity contribution in [2.45, 2.75) is 58.4 Å². The number of rotatable bonds is 14. The SMILES string of the molecule is COc1ccc(CN2CCN(CCCCCc3ccc(CCCc4ccc(C)cc4)s3)CC2)c(O)c1OC. The highest BCUT2D eigenvalue weighted by atomic mass is 32.1. The van der Waals surface area contributed by atoms with Crippen molar-refractivity contribution in [3.63, 3.8) is 0 Å². The number of aromatic hydroxyl groups is 1. The van der Waals surface area contributed by atoms with Crippen molar-refractivity contribution in [2.75, 3.05) is 46.9 Å². The van der Waals surface area contributed by atoms with Crippen LogP contribution in [0.25, 0.3) is 0 Å². The molecule has 2 heterocycles. The molecule has 0 bridgehead atoms. The Morgan fingerprint density at radius 2 is 1.42 bits per heavy atom. The lowest BCUT2D eigenvalue weighted by atomic mass is 10.1. The second kappa shape index (κ2) is 14.6. The van der Waals surface area contributed by atoms with Crippen LogP contribution in [-0.2, 0) is 25.8 Å². The van der Waals surface area contributed by atoms with Crippen LogP contribution >= 0.6 is 11.3 Å². The van der Waals surface area contributed by atoms with Crippen LogP contribution in [-0.4, -0.2) is 61.8 Å². The van der Waals surface area contributed by atoms with Crippen LogP contribution in [0.15, 0.2) is 48.5 Å². The van der Waals surface area contributed by atoms with Gasteiger partial charge in [-0.05, 0) is 75.8 Å². The summed E-state index contributed by atoms with van der Waals surface area (Å²) in [5, 5.41) is 10.6. The van der Waals surface area contributed by atoms with Crippen molar-refractivity contribution in [1.82, 2.24) is 9.80 Å². The van der Waals surface area contributed by atoms with E-state index < -0.39 is 0 Å². The Balaban J connectivity index is 1.08. The van der Waals surface area contributed by atoms with E-state index in [1.807, 2.05) is 23.5 Å². The number of ether oxygens (including phenoxy) is 2. The van der Waals surface area contributed by atoms with E-state index in [4.69, 9.17) is 9.47 Å². The maximum absolute atomic E-state index is 10.6. The van der Waals surface area contributed by atoms with E-state index in [1.165, 1.54) is 67.5 Å². The fourth-order valence-electron chi connectivity index (χ4n) is 5.21. The van der Waals surface area contributed by atoms with Crippen LogP contribution in [0.2, 0.25) is 0 Å². The highest BCUT2D eigenvalue weighted by Crippen LogP contribution is 2.39. The van der Waals surface area contributed by atoms with Crippen LogP contribution < -0.4 is 9.47 Å². The number of nitrogens with zero attached hydrogens (tertiary/aromatic N) is 2. The third kappa shape index (κ3) is 8.23. The predicted octanol–water partition coefficient (Wildman–Crippen LogP) is 6.49. The Morgan fingerprint density at radius 3 is 2.11 bits per heavy atom. The van der Waals surface area contributed by atoms with Gasteiger partial charge in [0, 0.05) is 48.0 Å². The molecule has 1 aliphatic rings. The molecule has 5 nitrogen and oxygen atoms in total. The van der Waals surface area contributed by atoms with E-state index in [2.05, 4.69) is 53.1 Å². The van der Waals surface area contributed by atoms with Gasteiger partial charge < -0.3 is 19.5 Å². The summed E-state index contributed by atoms with van der Waals surface area (Å²) in [4.78, 5) is 8.07. The summed E-state index contributed by atoms with van der Waals surface area (Å²) < 4.78 is 10.6. The third-order valence-electron chi connectivity index (χ3n) is 7.59. The fourth-order valence-corrected chi connectivity index (χ4v) is 6.32. The van der Waals surface area contributed by atoms with Gasteiger partial charge in [0.05, 0.1) is 14.2 Å².